The van der Waals surface area contributed by atoms with E-state index in [1.165, 1.54) is 12.0 Å². The largest absolute Gasteiger partial charge is 0.365 e. The van der Waals surface area contributed by atoms with Crippen molar-refractivity contribution in [2.24, 2.45) is 21.9 Å². The fraction of sp³-hybridized carbons (Fsp3) is 0.619. The van der Waals surface area contributed by atoms with Crippen LogP contribution in [0.3, 0.4) is 0 Å². The Morgan fingerprint density at radius 2 is 1.79 bits per heavy atom. The van der Waals surface area contributed by atoms with Crippen molar-refractivity contribution in [3.63, 3.8) is 0 Å². The molecule has 0 radical (unpaired) electrons. The maximum absolute atomic E-state index is 12.4. The minimum atomic E-state index is -0.370. The summed E-state index contributed by atoms with van der Waals surface area (Å²) in [5.41, 5.74) is 3.02. The van der Waals surface area contributed by atoms with Gasteiger partial charge in [0.1, 0.15) is 0 Å². The van der Waals surface area contributed by atoms with Gasteiger partial charge in [-0.05, 0) is 48.3 Å². The van der Waals surface area contributed by atoms with E-state index in [1.807, 2.05) is 24.3 Å². The summed E-state index contributed by atoms with van der Waals surface area (Å²) in [6.45, 7) is 13.2. The minimum absolute atomic E-state index is 0.0311. The highest BCUT2D eigenvalue weighted by molar-refractivity contribution is 5.98. The molecule has 0 saturated heterocycles. The summed E-state index contributed by atoms with van der Waals surface area (Å²) in [6, 6.07) is 7.65. The molecule has 3 rings (SSSR count). The van der Waals surface area contributed by atoms with E-state index >= 15 is 0 Å². The summed E-state index contributed by atoms with van der Waals surface area (Å²) in [5, 5.41) is 4.35. The van der Waals surface area contributed by atoms with E-state index in [0.29, 0.717) is 11.5 Å². The van der Waals surface area contributed by atoms with Gasteiger partial charge in [0.2, 0.25) is 0 Å². The van der Waals surface area contributed by atoms with E-state index in [0.717, 1.165) is 18.6 Å². The molecular formula is C21H29NO2. The molecule has 0 heterocycles. The monoisotopic (exact) mass is 327 g/mol. The van der Waals surface area contributed by atoms with Gasteiger partial charge in [0.05, 0.1) is 11.3 Å². The number of carbonyl (C=O) groups excluding carboxylic acids is 1. The molecule has 2 unspecified atom stereocenters. The van der Waals surface area contributed by atoms with Crippen LogP contribution in [0.2, 0.25) is 0 Å². The zero-order chi connectivity index (χ0) is 17.8. The van der Waals surface area contributed by atoms with Gasteiger partial charge in [0, 0.05) is 10.8 Å². The fourth-order valence-corrected chi connectivity index (χ4v) is 4.52. The number of hydrogen-bond acceptors (Lipinski definition) is 3. The van der Waals surface area contributed by atoms with Crippen LogP contribution >= 0.6 is 0 Å². The first-order valence-corrected chi connectivity index (χ1v) is 8.95. The first kappa shape index (κ1) is 17.2. The van der Waals surface area contributed by atoms with Gasteiger partial charge >= 0.3 is 5.97 Å². The van der Waals surface area contributed by atoms with E-state index in [2.05, 4.69) is 46.7 Å². The number of carbonyl (C=O) groups is 1. The van der Waals surface area contributed by atoms with E-state index in [4.69, 9.17) is 4.84 Å². The molecule has 2 atom stereocenters. The average molecular weight is 327 g/mol. The van der Waals surface area contributed by atoms with E-state index < -0.39 is 0 Å². The molecule has 0 aromatic heterocycles. The molecule has 3 nitrogen and oxygen atoms in total. The van der Waals surface area contributed by atoms with Crippen LogP contribution in [0.1, 0.15) is 76.7 Å². The standard InChI is InChI=1S/C21H29NO2/c1-19(2,3)15-9-7-14(8-10-15)17(23)24-22-18-20(4,5)16-11-12-21(18,6)13-16/h7-10,16H,11-13H2,1-6H3. The van der Waals surface area contributed by atoms with E-state index in [1.54, 1.807) is 0 Å². The third-order valence-corrected chi connectivity index (χ3v) is 6.15. The summed E-state index contributed by atoms with van der Waals surface area (Å²) >= 11 is 0. The third kappa shape index (κ3) is 2.78. The second-order valence-electron chi connectivity index (χ2n) is 9.37. The lowest BCUT2D eigenvalue weighted by atomic mass is 9.71. The van der Waals surface area contributed by atoms with Crippen LogP contribution in [0.25, 0.3) is 0 Å². The maximum Gasteiger partial charge on any atom is 0.365 e. The van der Waals surface area contributed by atoms with Crippen molar-refractivity contribution in [3.05, 3.63) is 35.4 Å². The summed E-state index contributed by atoms with van der Waals surface area (Å²) in [5.74, 6) is 0.288. The van der Waals surface area contributed by atoms with Crippen LogP contribution in [0, 0.1) is 16.7 Å². The lowest BCUT2D eigenvalue weighted by molar-refractivity contribution is 0.0506. The van der Waals surface area contributed by atoms with Crippen LogP contribution in [-0.2, 0) is 10.3 Å². The Hall–Kier alpha value is -1.64. The summed E-state index contributed by atoms with van der Waals surface area (Å²) in [6.07, 6.45) is 3.57. The van der Waals surface area contributed by atoms with Gasteiger partial charge in [-0.1, -0.05) is 58.8 Å². The number of benzene rings is 1. The van der Waals surface area contributed by atoms with E-state index in [9.17, 15) is 4.79 Å². The number of rotatable bonds is 2. The molecule has 0 amide bonds. The van der Waals surface area contributed by atoms with Gasteiger partial charge in [-0.25, -0.2) is 4.79 Å². The highest BCUT2D eigenvalue weighted by atomic mass is 16.7. The fourth-order valence-electron chi connectivity index (χ4n) is 4.52. The molecule has 0 spiro atoms. The Morgan fingerprint density at radius 3 is 2.29 bits per heavy atom. The van der Waals surface area contributed by atoms with Crippen molar-refractivity contribution in [3.8, 4) is 0 Å². The van der Waals surface area contributed by atoms with Crippen LogP contribution in [0.15, 0.2) is 29.4 Å². The zero-order valence-corrected chi connectivity index (χ0v) is 15.8. The smallest absolute Gasteiger partial charge is 0.313 e. The molecule has 130 valence electrons. The number of fused-ring (bicyclic) bond motifs is 2. The van der Waals surface area contributed by atoms with Crippen LogP contribution in [0.5, 0.6) is 0 Å². The normalized spacial score (nSPS) is 29.9. The molecule has 0 aliphatic heterocycles. The quantitative estimate of drug-likeness (QED) is 0.543. The second-order valence-corrected chi connectivity index (χ2v) is 9.37. The first-order valence-electron chi connectivity index (χ1n) is 8.95. The van der Waals surface area contributed by atoms with Gasteiger partial charge in [0.25, 0.3) is 0 Å². The molecule has 2 aliphatic rings. The molecule has 2 aliphatic carbocycles. The maximum atomic E-state index is 12.4. The van der Waals surface area contributed by atoms with Gasteiger partial charge < -0.3 is 4.84 Å². The Morgan fingerprint density at radius 1 is 1.17 bits per heavy atom. The van der Waals surface area contributed by atoms with Crippen molar-refractivity contribution in [1.82, 2.24) is 0 Å². The van der Waals surface area contributed by atoms with Crippen LogP contribution < -0.4 is 0 Å². The van der Waals surface area contributed by atoms with Gasteiger partial charge in [0.15, 0.2) is 0 Å². The number of nitrogens with zero attached hydrogens (tertiary/aromatic N) is 1. The molecule has 0 N–H and O–H groups in total. The SMILES string of the molecule is CC12CCC(C1)C(C)(C)C2=NOC(=O)c1ccc(C(C)(C)C)cc1. The molecule has 1 aromatic rings. The predicted octanol–water partition coefficient (Wildman–Crippen LogP) is 5.34. The molecular weight excluding hydrogens is 298 g/mol. The van der Waals surface area contributed by atoms with E-state index in [-0.39, 0.29) is 22.2 Å². The van der Waals surface area contributed by atoms with Crippen LogP contribution in [0.4, 0.5) is 0 Å². The molecule has 3 heteroatoms. The van der Waals surface area contributed by atoms with Crippen molar-refractivity contribution < 1.29 is 9.63 Å². The second kappa shape index (κ2) is 5.44. The Labute approximate surface area is 145 Å². The first-order chi connectivity index (χ1) is 11.0. The zero-order valence-electron chi connectivity index (χ0n) is 15.8. The lowest BCUT2D eigenvalue weighted by Gasteiger charge is -2.34. The van der Waals surface area contributed by atoms with Crippen LogP contribution in [-0.4, -0.2) is 11.7 Å². The highest BCUT2D eigenvalue weighted by Crippen LogP contribution is 2.60. The summed E-state index contributed by atoms with van der Waals surface area (Å²) in [7, 11) is 0. The lowest BCUT2D eigenvalue weighted by Crippen LogP contribution is -2.36. The highest BCUT2D eigenvalue weighted by Gasteiger charge is 2.57. The summed E-state index contributed by atoms with van der Waals surface area (Å²) in [4.78, 5) is 17.7. The van der Waals surface area contributed by atoms with Crippen molar-refractivity contribution in [2.45, 2.75) is 66.2 Å². The number of hydrogen-bond donors (Lipinski definition) is 0. The minimum Gasteiger partial charge on any atom is -0.313 e. The van der Waals surface area contributed by atoms with Crippen molar-refractivity contribution >= 4 is 11.7 Å². The Balaban J connectivity index is 1.76. The average Bonchev–Trinajstić information content (AvgIpc) is 2.97. The third-order valence-electron chi connectivity index (χ3n) is 6.15. The predicted molar refractivity (Wildman–Crippen MR) is 97.2 cm³/mol. The molecule has 2 fully saturated rings. The molecule has 2 saturated carbocycles. The topological polar surface area (TPSA) is 38.7 Å². The number of oxime groups is 1. The van der Waals surface area contributed by atoms with Crippen molar-refractivity contribution in [2.75, 3.05) is 0 Å². The molecule has 2 bridgehead atoms. The van der Waals surface area contributed by atoms with Gasteiger partial charge in [-0.3, -0.25) is 0 Å². The van der Waals surface area contributed by atoms with Crippen molar-refractivity contribution in [1.29, 1.82) is 0 Å². The Bertz CT molecular complexity index is 672. The molecule has 24 heavy (non-hydrogen) atoms. The Kier molecular flexibility index (Phi) is 3.89. The molecule has 1 aromatic carbocycles. The van der Waals surface area contributed by atoms with Gasteiger partial charge in [-0.15, -0.1) is 0 Å². The summed E-state index contributed by atoms with van der Waals surface area (Å²) < 4.78 is 0. The van der Waals surface area contributed by atoms with Gasteiger partial charge in [-0.2, -0.15) is 0 Å².